The van der Waals surface area contributed by atoms with Crippen LogP contribution in [0.15, 0.2) is 24.3 Å². The number of nitrogens with one attached hydrogen (secondary N) is 2. The maximum absolute atomic E-state index is 10.9. The van der Waals surface area contributed by atoms with Gasteiger partial charge in [0.25, 0.3) is 11.4 Å². The Bertz CT molecular complexity index is 1020. The lowest BCUT2D eigenvalue weighted by Crippen LogP contribution is -2.10. The molecule has 2 amide bonds. The predicted molar refractivity (Wildman–Crippen MR) is 114 cm³/mol. The molecule has 0 radical (unpaired) electrons. The molecule has 10 nitrogen and oxygen atoms in total. The number of anilines is 2. The van der Waals surface area contributed by atoms with Crippen LogP contribution in [0.3, 0.4) is 0 Å². The van der Waals surface area contributed by atoms with Crippen LogP contribution in [0.4, 0.5) is 22.7 Å². The minimum atomic E-state index is -0.502. The Balaban J connectivity index is 0.000000300. The predicted octanol–water partition coefficient (Wildman–Crippen LogP) is 4.34. The SMILES string of the molecule is CC(=O)Nc1c([N+](=O)[O-])ccc(C)c1C.CC(=O)Nc1ccc([N+](=O)[O-])c(C)c1C. The molecular formula is C20H24N4O6. The Labute approximate surface area is 173 Å². The van der Waals surface area contributed by atoms with Gasteiger partial charge in [0.2, 0.25) is 11.8 Å². The number of nitro benzene ring substituents is 2. The number of carbonyl (C=O) groups excluding carboxylic acids is 2. The summed E-state index contributed by atoms with van der Waals surface area (Å²) in [6.07, 6.45) is 0. The highest BCUT2D eigenvalue weighted by atomic mass is 16.6. The van der Waals surface area contributed by atoms with Gasteiger partial charge in [0.05, 0.1) is 9.85 Å². The third-order valence-corrected chi connectivity index (χ3v) is 4.48. The fourth-order valence-electron chi connectivity index (χ4n) is 2.62. The van der Waals surface area contributed by atoms with Gasteiger partial charge in [-0.25, -0.2) is 0 Å². The van der Waals surface area contributed by atoms with Gasteiger partial charge >= 0.3 is 0 Å². The monoisotopic (exact) mass is 416 g/mol. The van der Waals surface area contributed by atoms with Crippen LogP contribution in [0.2, 0.25) is 0 Å². The van der Waals surface area contributed by atoms with E-state index in [-0.39, 0.29) is 28.9 Å². The van der Waals surface area contributed by atoms with E-state index < -0.39 is 9.85 Å². The molecule has 0 spiro atoms. The van der Waals surface area contributed by atoms with Gasteiger partial charge < -0.3 is 10.6 Å². The number of amides is 2. The lowest BCUT2D eigenvalue weighted by atomic mass is 10.1. The van der Waals surface area contributed by atoms with Gasteiger partial charge in [-0.2, -0.15) is 0 Å². The second kappa shape index (κ2) is 10.1. The van der Waals surface area contributed by atoms with Crippen molar-refractivity contribution in [3.05, 3.63) is 66.7 Å². The second-order valence-corrected chi connectivity index (χ2v) is 6.66. The molecule has 160 valence electrons. The van der Waals surface area contributed by atoms with Gasteiger partial charge in [-0.1, -0.05) is 6.07 Å². The number of nitrogens with zero attached hydrogens (tertiary/aromatic N) is 2. The van der Waals surface area contributed by atoms with E-state index in [0.29, 0.717) is 11.3 Å². The van der Waals surface area contributed by atoms with Crippen molar-refractivity contribution in [3.63, 3.8) is 0 Å². The summed E-state index contributed by atoms with van der Waals surface area (Å²) < 4.78 is 0. The quantitative estimate of drug-likeness (QED) is 0.560. The number of benzene rings is 2. The van der Waals surface area contributed by atoms with Crippen molar-refractivity contribution < 1.29 is 19.4 Å². The van der Waals surface area contributed by atoms with E-state index in [1.807, 2.05) is 6.92 Å². The number of rotatable bonds is 4. The summed E-state index contributed by atoms with van der Waals surface area (Å²) in [7, 11) is 0. The average Bonchev–Trinajstić information content (AvgIpc) is 2.62. The van der Waals surface area contributed by atoms with Gasteiger partial charge in [0, 0.05) is 37.2 Å². The Kier molecular flexibility index (Phi) is 8.15. The number of hydrogen-bond donors (Lipinski definition) is 2. The summed E-state index contributed by atoms with van der Waals surface area (Å²) in [5.41, 5.74) is 3.82. The van der Waals surface area contributed by atoms with E-state index in [1.165, 1.54) is 26.0 Å². The van der Waals surface area contributed by atoms with Crippen LogP contribution in [-0.4, -0.2) is 21.7 Å². The molecule has 2 N–H and O–H groups in total. The molecule has 0 aromatic heterocycles. The summed E-state index contributed by atoms with van der Waals surface area (Å²) in [6.45, 7) is 9.71. The normalized spacial score (nSPS) is 9.80. The highest BCUT2D eigenvalue weighted by Gasteiger charge is 2.18. The fourth-order valence-corrected chi connectivity index (χ4v) is 2.62. The average molecular weight is 416 g/mol. The van der Waals surface area contributed by atoms with Crippen molar-refractivity contribution in [3.8, 4) is 0 Å². The van der Waals surface area contributed by atoms with Crippen LogP contribution in [0.5, 0.6) is 0 Å². The molecular weight excluding hydrogens is 392 g/mol. The molecule has 30 heavy (non-hydrogen) atoms. The Morgan fingerprint density at radius 3 is 1.70 bits per heavy atom. The molecule has 10 heteroatoms. The third-order valence-electron chi connectivity index (χ3n) is 4.48. The largest absolute Gasteiger partial charge is 0.326 e. The molecule has 0 saturated heterocycles. The van der Waals surface area contributed by atoms with E-state index in [2.05, 4.69) is 10.6 Å². The van der Waals surface area contributed by atoms with Crippen molar-refractivity contribution in [1.82, 2.24) is 0 Å². The topological polar surface area (TPSA) is 144 Å². The van der Waals surface area contributed by atoms with Gasteiger partial charge in [-0.3, -0.25) is 29.8 Å². The zero-order valence-corrected chi connectivity index (χ0v) is 17.7. The smallest absolute Gasteiger partial charge is 0.293 e. The molecule has 0 heterocycles. The van der Waals surface area contributed by atoms with Crippen LogP contribution in [-0.2, 0) is 9.59 Å². The summed E-state index contributed by atoms with van der Waals surface area (Å²) >= 11 is 0. The minimum absolute atomic E-state index is 0.0709. The zero-order valence-electron chi connectivity index (χ0n) is 17.7. The van der Waals surface area contributed by atoms with Crippen molar-refractivity contribution in [1.29, 1.82) is 0 Å². The fraction of sp³-hybridized carbons (Fsp3) is 0.300. The maximum atomic E-state index is 10.9. The van der Waals surface area contributed by atoms with Crippen LogP contribution < -0.4 is 10.6 Å². The second-order valence-electron chi connectivity index (χ2n) is 6.66. The van der Waals surface area contributed by atoms with Crippen molar-refractivity contribution in [2.24, 2.45) is 0 Å². The van der Waals surface area contributed by atoms with Crippen molar-refractivity contribution in [2.75, 3.05) is 10.6 Å². The lowest BCUT2D eigenvalue weighted by Gasteiger charge is -2.09. The Hall–Kier alpha value is -3.82. The first kappa shape index (κ1) is 24.2. The van der Waals surface area contributed by atoms with Gasteiger partial charge in [-0.05, 0) is 50.5 Å². The Morgan fingerprint density at radius 2 is 1.23 bits per heavy atom. The zero-order chi connectivity index (χ0) is 23.2. The highest BCUT2D eigenvalue weighted by molar-refractivity contribution is 5.92. The molecule has 0 aliphatic rings. The number of hydrogen-bond acceptors (Lipinski definition) is 6. The summed E-state index contributed by atoms with van der Waals surface area (Å²) in [5.74, 6) is -0.502. The van der Waals surface area contributed by atoms with Crippen molar-refractivity contribution in [2.45, 2.75) is 41.5 Å². The van der Waals surface area contributed by atoms with Crippen LogP contribution in [0.1, 0.15) is 36.1 Å². The van der Waals surface area contributed by atoms with E-state index in [1.54, 1.807) is 32.9 Å². The number of nitro groups is 2. The van der Waals surface area contributed by atoms with Crippen LogP contribution in [0.25, 0.3) is 0 Å². The molecule has 2 aromatic carbocycles. The van der Waals surface area contributed by atoms with Crippen molar-refractivity contribution >= 4 is 34.6 Å². The molecule has 0 aliphatic carbocycles. The molecule has 0 unspecified atom stereocenters. The first-order valence-electron chi connectivity index (χ1n) is 8.91. The summed E-state index contributed by atoms with van der Waals surface area (Å²) in [6, 6.07) is 6.00. The standard InChI is InChI=1S/2C10H12N2O3/c1-6-7(2)10(12(14)15)5-4-9(6)11-8(3)13;1-6-4-5-9(12(14)15)10(7(6)2)11-8(3)13/h2*4-5H,1-3H3,(H,11,13). The molecule has 0 atom stereocenters. The van der Waals surface area contributed by atoms with Crippen LogP contribution in [0, 0.1) is 47.9 Å². The van der Waals surface area contributed by atoms with E-state index >= 15 is 0 Å². The summed E-state index contributed by atoms with van der Waals surface area (Å²) in [5, 5.41) is 26.4. The number of carbonyl (C=O) groups is 2. The maximum Gasteiger partial charge on any atom is 0.293 e. The highest BCUT2D eigenvalue weighted by Crippen LogP contribution is 2.30. The van der Waals surface area contributed by atoms with Gasteiger partial charge in [0.1, 0.15) is 5.69 Å². The van der Waals surface area contributed by atoms with E-state index in [9.17, 15) is 29.8 Å². The van der Waals surface area contributed by atoms with Crippen LogP contribution >= 0.6 is 0 Å². The first-order valence-corrected chi connectivity index (χ1v) is 8.91. The third kappa shape index (κ3) is 6.09. The minimum Gasteiger partial charge on any atom is -0.326 e. The van der Waals surface area contributed by atoms with E-state index in [4.69, 9.17) is 0 Å². The van der Waals surface area contributed by atoms with Gasteiger partial charge in [0.15, 0.2) is 0 Å². The van der Waals surface area contributed by atoms with Gasteiger partial charge in [-0.15, -0.1) is 0 Å². The molecule has 0 fully saturated rings. The lowest BCUT2D eigenvalue weighted by molar-refractivity contribution is -0.385. The molecule has 2 rings (SSSR count). The van der Waals surface area contributed by atoms with E-state index in [0.717, 1.165) is 16.7 Å². The molecule has 2 aromatic rings. The molecule has 0 bridgehead atoms. The first-order chi connectivity index (χ1) is 13.9. The molecule has 0 saturated carbocycles. The number of aryl methyl sites for hydroxylation is 1. The Morgan fingerprint density at radius 1 is 0.733 bits per heavy atom. The molecule has 0 aliphatic heterocycles. The summed E-state index contributed by atoms with van der Waals surface area (Å²) in [4.78, 5) is 42.2.